The maximum Gasteiger partial charge on any atom is 0.193 e. The van der Waals surface area contributed by atoms with E-state index in [4.69, 9.17) is 4.74 Å². The molecule has 0 spiro atoms. The minimum atomic E-state index is -0.736. The van der Waals surface area contributed by atoms with E-state index in [0.29, 0.717) is 6.61 Å². The minimum absolute atomic E-state index is 0.0400. The molecule has 3 aromatic rings. The number of halogens is 1. The number of hydrogen-bond donors (Lipinski definition) is 0. The average molecular weight is 398 g/mol. The van der Waals surface area contributed by atoms with Gasteiger partial charge in [-0.2, -0.15) is 0 Å². The average Bonchev–Trinajstić information content (AvgIpc) is 3.28. The van der Waals surface area contributed by atoms with Crippen LogP contribution >= 0.6 is 15.9 Å². The zero-order valence-electron chi connectivity index (χ0n) is 13.6. The third-order valence-electron chi connectivity index (χ3n) is 5.06. The number of ether oxygens (including phenoxy) is 1. The van der Waals surface area contributed by atoms with Gasteiger partial charge in [0.1, 0.15) is 6.33 Å². The summed E-state index contributed by atoms with van der Waals surface area (Å²) in [6.07, 6.45) is 3.59. The lowest BCUT2D eigenvalue weighted by atomic mass is 9.95. The Morgan fingerprint density at radius 2 is 2.20 bits per heavy atom. The summed E-state index contributed by atoms with van der Waals surface area (Å²) in [4.78, 5) is 6.99. The molecule has 2 unspecified atom stereocenters. The molecule has 1 aromatic carbocycles. The molecule has 25 heavy (non-hydrogen) atoms. The van der Waals surface area contributed by atoms with Crippen LogP contribution in [0.4, 0.5) is 0 Å². The molecule has 0 saturated carbocycles. The van der Waals surface area contributed by atoms with Gasteiger partial charge in [0, 0.05) is 22.8 Å². The molecule has 1 saturated heterocycles. The lowest BCUT2D eigenvalue weighted by Gasteiger charge is -2.38. The van der Waals surface area contributed by atoms with Crippen LogP contribution in [0.5, 0.6) is 0 Å². The van der Waals surface area contributed by atoms with Gasteiger partial charge in [0.25, 0.3) is 0 Å². The topological polar surface area (TPSA) is 56.1 Å². The van der Waals surface area contributed by atoms with Crippen molar-refractivity contribution in [1.29, 1.82) is 0 Å². The van der Waals surface area contributed by atoms with Crippen LogP contribution in [0.15, 0.2) is 53.4 Å². The monoisotopic (exact) mass is 397 g/mol. The molecular formula is C18H16BrN5O. The van der Waals surface area contributed by atoms with Crippen molar-refractivity contribution < 1.29 is 4.74 Å². The Labute approximate surface area is 153 Å². The summed E-state index contributed by atoms with van der Waals surface area (Å²) in [6, 6.07) is 12.2. The second-order valence-corrected chi connectivity index (χ2v) is 7.21. The van der Waals surface area contributed by atoms with Crippen molar-refractivity contribution in [3.8, 4) is 5.69 Å². The highest BCUT2D eigenvalue weighted by molar-refractivity contribution is 9.10. The molecule has 2 aliphatic rings. The molecule has 0 N–H and O–H groups in total. The van der Waals surface area contributed by atoms with Crippen LogP contribution in [-0.4, -0.2) is 37.8 Å². The summed E-state index contributed by atoms with van der Waals surface area (Å²) < 4.78 is 9.50. The highest BCUT2D eigenvalue weighted by Gasteiger charge is 2.52. The first-order chi connectivity index (χ1) is 12.2. The van der Waals surface area contributed by atoms with Gasteiger partial charge in [0.15, 0.2) is 11.5 Å². The summed E-state index contributed by atoms with van der Waals surface area (Å²) in [7, 11) is 0. The maximum atomic E-state index is 6.44. The van der Waals surface area contributed by atoms with Gasteiger partial charge >= 0.3 is 0 Å². The number of benzene rings is 1. The van der Waals surface area contributed by atoms with Crippen LogP contribution in [0.25, 0.3) is 5.69 Å². The van der Waals surface area contributed by atoms with Crippen molar-refractivity contribution in [3.05, 3.63) is 70.5 Å². The summed E-state index contributed by atoms with van der Waals surface area (Å²) in [5.74, 6) is 0.909. The van der Waals surface area contributed by atoms with Gasteiger partial charge in [-0.15, -0.1) is 10.2 Å². The predicted octanol–water partition coefficient (Wildman–Crippen LogP) is 3.03. The number of rotatable bonds is 1. The summed E-state index contributed by atoms with van der Waals surface area (Å²) in [5, 5.41) is 8.53. The van der Waals surface area contributed by atoms with Gasteiger partial charge in [0.05, 0.1) is 24.0 Å². The zero-order chi connectivity index (χ0) is 17.0. The van der Waals surface area contributed by atoms with Crippen molar-refractivity contribution in [2.75, 3.05) is 13.2 Å². The molecule has 2 aromatic heterocycles. The quantitative estimate of drug-likeness (QED) is 0.631. The molecule has 4 heterocycles. The van der Waals surface area contributed by atoms with Crippen LogP contribution < -0.4 is 0 Å². The highest BCUT2D eigenvalue weighted by Crippen LogP contribution is 2.49. The Morgan fingerprint density at radius 1 is 1.28 bits per heavy atom. The summed E-state index contributed by atoms with van der Waals surface area (Å²) in [5.41, 5.74) is 2.21. The van der Waals surface area contributed by atoms with E-state index in [1.807, 2.05) is 30.5 Å². The molecule has 5 rings (SSSR count). The van der Waals surface area contributed by atoms with E-state index in [1.54, 1.807) is 6.33 Å². The lowest BCUT2D eigenvalue weighted by molar-refractivity contribution is -0.0709. The first kappa shape index (κ1) is 15.2. The minimum Gasteiger partial charge on any atom is -0.349 e. The van der Waals surface area contributed by atoms with Gasteiger partial charge < -0.3 is 4.74 Å². The molecular weight excluding hydrogens is 382 g/mol. The van der Waals surface area contributed by atoms with Crippen LogP contribution in [-0.2, 0) is 10.5 Å². The molecule has 2 atom stereocenters. The zero-order valence-corrected chi connectivity index (χ0v) is 15.2. The standard InChI is InChI=1S/C18H16BrN5O/c1-12-17-22-21-11-23(17)15-6-5-13(19)10-14(15)18(24(12)8-9-25-18)16-4-2-3-7-20-16/h2-7,10-12H,8-9H2,1H3. The Bertz CT molecular complexity index is 944. The first-order valence-electron chi connectivity index (χ1n) is 8.24. The van der Waals surface area contributed by atoms with Crippen molar-refractivity contribution in [3.63, 3.8) is 0 Å². The number of hydrogen-bond acceptors (Lipinski definition) is 5. The summed E-state index contributed by atoms with van der Waals surface area (Å²) >= 11 is 3.62. The molecule has 0 radical (unpaired) electrons. The van der Waals surface area contributed by atoms with Gasteiger partial charge in [-0.1, -0.05) is 22.0 Å². The van der Waals surface area contributed by atoms with Crippen LogP contribution in [0.1, 0.15) is 30.0 Å². The largest absolute Gasteiger partial charge is 0.349 e. The van der Waals surface area contributed by atoms with Crippen molar-refractivity contribution >= 4 is 15.9 Å². The van der Waals surface area contributed by atoms with Gasteiger partial charge in [-0.25, -0.2) is 0 Å². The number of aromatic nitrogens is 4. The molecule has 6 nitrogen and oxygen atoms in total. The second kappa shape index (κ2) is 5.45. The molecule has 7 heteroatoms. The first-order valence-corrected chi connectivity index (χ1v) is 9.03. The Kier molecular flexibility index (Phi) is 3.31. The fraction of sp³-hybridized carbons (Fsp3) is 0.278. The molecule has 126 valence electrons. The highest BCUT2D eigenvalue weighted by atomic mass is 79.9. The van der Waals surface area contributed by atoms with Gasteiger partial charge in [0.2, 0.25) is 0 Å². The molecule has 2 aliphatic heterocycles. The third kappa shape index (κ3) is 2.00. The van der Waals surface area contributed by atoms with Crippen LogP contribution in [0.2, 0.25) is 0 Å². The number of fused-ring (bicyclic) bond motifs is 5. The fourth-order valence-corrected chi connectivity index (χ4v) is 4.36. The van der Waals surface area contributed by atoms with E-state index >= 15 is 0 Å². The Hall–Kier alpha value is -2.09. The van der Waals surface area contributed by atoms with E-state index in [-0.39, 0.29) is 6.04 Å². The smallest absolute Gasteiger partial charge is 0.193 e. The molecule has 0 amide bonds. The van der Waals surface area contributed by atoms with Crippen molar-refractivity contribution in [2.24, 2.45) is 0 Å². The Balaban J connectivity index is 1.89. The van der Waals surface area contributed by atoms with E-state index in [2.05, 4.69) is 59.6 Å². The number of nitrogens with zero attached hydrogens (tertiary/aromatic N) is 5. The third-order valence-corrected chi connectivity index (χ3v) is 5.55. The van der Waals surface area contributed by atoms with Crippen LogP contribution in [0.3, 0.4) is 0 Å². The van der Waals surface area contributed by atoms with E-state index < -0.39 is 5.72 Å². The summed E-state index contributed by atoms with van der Waals surface area (Å²) in [6.45, 7) is 3.59. The predicted molar refractivity (Wildman–Crippen MR) is 95.1 cm³/mol. The molecule has 0 aliphatic carbocycles. The molecule has 0 bridgehead atoms. The Morgan fingerprint density at radius 3 is 3.04 bits per heavy atom. The van der Waals surface area contributed by atoms with Gasteiger partial charge in [-0.05, 0) is 37.3 Å². The lowest BCUT2D eigenvalue weighted by Crippen LogP contribution is -2.44. The van der Waals surface area contributed by atoms with Crippen molar-refractivity contribution in [1.82, 2.24) is 24.6 Å². The molecule has 1 fully saturated rings. The fourth-order valence-electron chi connectivity index (χ4n) is 4.00. The van der Waals surface area contributed by atoms with Crippen LogP contribution in [0, 0.1) is 0 Å². The maximum absolute atomic E-state index is 6.44. The van der Waals surface area contributed by atoms with Gasteiger partial charge in [-0.3, -0.25) is 14.5 Å². The SMILES string of the molecule is CC1c2nncn2-c2ccc(Br)cc2C2(c3ccccn3)OCCN12. The van der Waals surface area contributed by atoms with E-state index in [9.17, 15) is 0 Å². The van der Waals surface area contributed by atoms with E-state index in [0.717, 1.165) is 33.8 Å². The number of pyridine rings is 1. The second-order valence-electron chi connectivity index (χ2n) is 6.30. The normalized spacial score (nSPS) is 25.1. The van der Waals surface area contributed by atoms with Crippen molar-refractivity contribution in [2.45, 2.75) is 18.7 Å². The van der Waals surface area contributed by atoms with E-state index in [1.165, 1.54) is 0 Å².